The summed E-state index contributed by atoms with van der Waals surface area (Å²) in [5, 5.41) is 0. The lowest BCUT2D eigenvalue weighted by Gasteiger charge is -2.18. The fraction of sp³-hybridized carbons (Fsp3) is 0.875. The Morgan fingerprint density at radius 1 is 1.70 bits per heavy atom. The van der Waals surface area contributed by atoms with E-state index in [-0.39, 0.29) is 0 Å². The molecule has 0 saturated carbocycles. The first-order chi connectivity index (χ1) is 4.84. The normalized spacial score (nSPS) is 26.9. The van der Waals surface area contributed by atoms with E-state index >= 15 is 0 Å². The van der Waals surface area contributed by atoms with E-state index < -0.39 is 0 Å². The molecule has 0 spiro atoms. The van der Waals surface area contributed by atoms with Crippen molar-refractivity contribution in [3.8, 4) is 0 Å². The van der Waals surface area contributed by atoms with Crippen molar-refractivity contribution in [2.75, 3.05) is 11.5 Å². The van der Waals surface area contributed by atoms with Crippen molar-refractivity contribution in [2.24, 2.45) is 5.92 Å². The molecule has 1 saturated heterocycles. The van der Waals surface area contributed by atoms with Crippen LogP contribution < -0.4 is 0 Å². The van der Waals surface area contributed by atoms with Crippen molar-refractivity contribution in [1.29, 1.82) is 0 Å². The Hall–Kier alpha value is 0.0200. The summed E-state index contributed by atoms with van der Waals surface area (Å²) >= 11 is 1.93. The predicted molar refractivity (Wildman–Crippen MR) is 45.3 cm³/mol. The van der Waals surface area contributed by atoms with E-state index in [2.05, 4.69) is 6.92 Å². The minimum absolute atomic E-state index is 0.392. The molecule has 0 amide bonds. The quantitative estimate of drug-likeness (QED) is 0.612. The number of hydrogen-bond donors (Lipinski definition) is 0. The van der Waals surface area contributed by atoms with Crippen LogP contribution in [0.4, 0.5) is 0 Å². The van der Waals surface area contributed by atoms with Crippen LogP contribution in [0.15, 0.2) is 0 Å². The van der Waals surface area contributed by atoms with E-state index in [0.717, 1.165) is 30.8 Å². The Bertz CT molecular complexity index is 120. The summed E-state index contributed by atoms with van der Waals surface area (Å²) in [6.07, 6.45) is 3.07. The van der Waals surface area contributed by atoms with E-state index in [9.17, 15) is 4.79 Å². The van der Waals surface area contributed by atoms with Crippen LogP contribution in [0.2, 0.25) is 0 Å². The number of ketones is 1. The highest BCUT2D eigenvalue weighted by Crippen LogP contribution is 2.22. The van der Waals surface area contributed by atoms with Crippen molar-refractivity contribution in [3.05, 3.63) is 0 Å². The zero-order valence-electron chi connectivity index (χ0n) is 6.43. The van der Waals surface area contributed by atoms with Crippen LogP contribution in [0, 0.1) is 5.92 Å². The molecule has 1 fully saturated rings. The maximum absolute atomic E-state index is 11.2. The third-order valence-corrected chi connectivity index (χ3v) is 3.04. The van der Waals surface area contributed by atoms with Gasteiger partial charge in [0.05, 0.1) is 0 Å². The lowest BCUT2D eigenvalue weighted by Crippen LogP contribution is -2.22. The SMILES string of the molecule is CCCC1CSCCC1=O. The number of rotatable bonds is 2. The van der Waals surface area contributed by atoms with Gasteiger partial charge in [0.15, 0.2) is 0 Å². The third-order valence-electron chi connectivity index (χ3n) is 1.90. The van der Waals surface area contributed by atoms with E-state index in [4.69, 9.17) is 0 Å². The first-order valence-corrected chi connectivity index (χ1v) is 5.10. The van der Waals surface area contributed by atoms with Gasteiger partial charge in [0.2, 0.25) is 0 Å². The van der Waals surface area contributed by atoms with Gasteiger partial charge < -0.3 is 0 Å². The maximum Gasteiger partial charge on any atom is 0.137 e. The van der Waals surface area contributed by atoms with Gasteiger partial charge in [-0.05, 0) is 6.42 Å². The van der Waals surface area contributed by atoms with Gasteiger partial charge in [-0.1, -0.05) is 13.3 Å². The standard InChI is InChI=1S/C8H14OS/c1-2-3-7-6-10-5-4-8(7)9/h7H,2-6H2,1H3. The molecule has 10 heavy (non-hydrogen) atoms. The van der Waals surface area contributed by atoms with Crippen LogP contribution in [0.3, 0.4) is 0 Å². The molecule has 0 radical (unpaired) electrons. The summed E-state index contributed by atoms with van der Waals surface area (Å²) in [7, 11) is 0. The monoisotopic (exact) mass is 158 g/mol. The third kappa shape index (κ3) is 2.01. The summed E-state index contributed by atoms with van der Waals surface area (Å²) in [6, 6.07) is 0. The first-order valence-electron chi connectivity index (χ1n) is 3.95. The average molecular weight is 158 g/mol. The van der Waals surface area contributed by atoms with Gasteiger partial charge in [-0.15, -0.1) is 0 Å². The Kier molecular flexibility index (Phi) is 3.26. The highest BCUT2D eigenvalue weighted by Gasteiger charge is 2.20. The van der Waals surface area contributed by atoms with Crippen molar-refractivity contribution >= 4 is 17.5 Å². The molecule has 1 unspecified atom stereocenters. The zero-order chi connectivity index (χ0) is 7.40. The van der Waals surface area contributed by atoms with Crippen LogP contribution in [-0.2, 0) is 4.79 Å². The Balaban J connectivity index is 2.32. The minimum Gasteiger partial charge on any atom is -0.299 e. The van der Waals surface area contributed by atoms with Crippen LogP contribution >= 0.6 is 11.8 Å². The lowest BCUT2D eigenvalue weighted by molar-refractivity contribution is -0.122. The van der Waals surface area contributed by atoms with Crippen molar-refractivity contribution < 1.29 is 4.79 Å². The smallest absolute Gasteiger partial charge is 0.137 e. The van der Waals surface area contributed by atoms with Gasteiger partial charge in [-0.3, -0.25) is 4.79 Å². The predicted octanol–water partition coefficient (Wildman–Crippen LogP) is 2.11. The molecule has 1 aliphatic rings. The Labute approximate surface area is 66.6 Å². The highest BCUT2D eigenvalue weighted by atomic mass is 32.2. The molecule has 1 rings (SSSR count). The molecule has 1 heterocycles. The number of hydrogen-bond acceptors (Lipinski definition) is 2. The maximum atomic E-state index is 11.2. The Morgan fingerprint density at radius 2 is 2.50 bits per heavy atom. The number of carbonyl (C=O) groups is 1. The molecule has 0 aromatic rings. The van der Waals surface area contributed by atoms with Crippen LogP contribution in [0.25, 0.3) is 0 Å². The van der Waals surface area contributed by atoms with E-state index in [1.54, 1.807) is 0 Å². The fourth-order valence-corrected chi connectivity index (χ4v) is 2.44. The topological polar surface area (TPSA) is 17.1 Å². The highest BCUT2D eigenvalue weighted by molar-refractivity contribution is 7.99. The average Bonchev–Trinajstić information content (AvgIpc) is 1.94. The second-order valence-corrected chi connectivity index (χ2v) is 3.93. The summed E-state index contributed by atoms with van der Waals surface area (Å²) in [5.74, 6) is 3.02. The van der Waals surface area contributed by atoms with E-state index in [1.165, 1.54) is 0 Å². The summed E-state index contributed by atoms with van der Waals surface area (Å²) in [6.45, 7) is 2.15. The molecule has 2 heteroatoms. The largest absolute Gasteiger partial charge is 0.299 e. The molecule has 58 valence electrons. The molecule has 1 aliphatic heterocycles. The summed E-state index contributed by atoms with van der Waals surface area (Å²) in [4.78, 5) is 11.2. The molecule has 0 bridgehead atoms. The van der Waals surface area contributed by atoms with Gasteiger partial charge in [-0.2, -0.15) is 11.8 Å². The van der Waals surface area contributed by atoms with Gasteiger partial charge in [0, 0.05) is 23.8 Å². The van der Waals surface area contributed by atoms with Crippen LogP contribution in [0.1, 0.15) is 26.2 Å². The van der Waals surface area contributed by atoms with Gasteiger partial charge in [-0.25, -0.2) is 0 Å². The van der Waals surface area contributed by atoms with Crippen molar-refractivity contribution in [2.45, 2.75) is 26.2 Å². The summed E-state index contributed by atoms with van der Waals surface area (Å²) in [5.41, 5.74) is 0. The second-order valence-electron chi connectivity index (χ2n) is 2.78. The number of Topliss-reactive ketones (excluding diaryl/α,β-unsaturated/α-hetero) is 1. The minimum atomic E-state index is 0.392. The molecule has 1 atom stereocenters. The lowest BCUT2D eigenvalue weighted by atomic mass is 9.99. The van der Waals surface area contributed by atoms with E-state index in [0.29, 0.717) is 11.7 Å². The molecular formula is C8H14OS. The van der Waals surface area contributed by atoms with Gasteiger partial charge >= 0.3 is 0 Å². The first kappa shape index (κ1) is 8.12. The van der Waals surface area contributed by atoms with Crippen LogP contribution in [-0.4, -0.2) is 17.3 Å². The molecule has 0 aliphatic carbocycles. The van der Waals surface area contributed by atoms with Gasteiger partial charge in [0.1, 0.15) is 5.78 Å². The second kappa shape index (κ2) is 4.02. The molecule has 0 aromatic heterocycles. The van der Waals surface area contributed by atoms with Crippen LogP contribution in [0.5, 0.6) is 0 Å². The Morgan fingerprint density at radius 3 is 3.10 bits per heavy atom. The van der Waals surface area contributed by atoms with Crippen molar-refractivity contribution in [3.63, 3.8) is 0 Å². The number of carbonyl (C=O) groups excluding carboxylic acids is 1. The van der Waals surface area contributed by atoms with Crippen molar-refractivity contribution in [1.82, 2.24) is 0 Å². The summed E-state index contributed by atoms with van der Waals surface area (Å²) < 4.78 is 0. The number of thioether (sulfide) groups is 1. The fourth-order valence-electron chi connectivity index (χ4n) is 1.29. The molecule has 0 aromatic carbocycles. The molecular weight excluding hydrogens is 144 g/mol. The van der Waals surface area contributed by atoms with Gasteiger partial charge in [0.25, 0.3) is 0 Å². The zero-order valence-corrected chi connectivity index (χ0v) is 7.25. The molecule has 1 nitrogen and oxygen atoms in total. The van der Waals surface area contributed by atoms with E-state index in [1.807, 2.05) is 11.8 Å². The molecule has 0 N–H and O–H groups in total.